The summed E-state index contributed by atoms with van der Waals surface area (Å²) in [4.78, 5) is 12.7. The summed E-state index contributed by atoms with van der Waals surface area (Å²) in [5.74, 6) is 1.25. The molecule has 27 heavy (non-hydrogen) atoms. The Bertz CT molecular complexity index is 933. The zero-order valence-electron chi connectivity index (χ0n) is 16.0. The maximum Gasteiger partial charge on any atom is 0.251 e. The molecule has 1 fully saturated rings. The van der Waals surface area contributed by atoms with Crippen LogP contribution in [0.1, 0.15) is 53.6 Å². The van der Waals surface area contributed by atoms with Gasteiger partial charge in [0.15, 0.2) is 0 Å². The maximum absolute atomic E-state index is 13.0. The Morgan fingerprint density at radius 2 is 2.04 bits per heavy atom. The quantitative estimate of drug-likeness (QED) is 0.849. The minimum Gasteiger partial charge on any atom is -0.466 e. The molecular formula is C20H26N2O4S. The summed E-state index contributed by atoms with van der Waals surface area (Å²) in [7, 11) is -3.60. The van der Waals surface area contributed by atoms with E-state index in [4.69, 9.17) is 4.42 Å². The Morgan fingerprint density at radius 3 is 2.70 bits per heavy atom. The largest absolute Gasteiger partial charge is 0.466 e. The molecular weight excluding hydrogens is 364 g/mol. The summed E-state index contributed by atoms with van der Waals surface area (Å²) >= 11 is 0. The standard InChI is InChI=1S/C20H26N2O4S/c1-14-7-4-5-10-22(14)27(24,25)19-9-6-8-17(12-19)20(23)21-13-18-11-15(2)26-16(18)3/h6,8-9,11-12,14H,4-5,7,10,13H2,1-3H3,(H,21,23). The van der Waals surface area contributed by atoms with E-state index in [1.54, 1.807) is 22.5 Å². The average Bonchev–Trinajstić information content (AvgIpc) is 2.97. The van der Waals surface area contributed by atoms with Gasteiger partial charge in [0.25, 0.3) is 5.91 Å². The number of carbonyl (C=O) groups excluding carboxylic acids is 1. The Hall–Kier alpha value is -2.12. The van der Waals surface area contributed by atoms with Crippen LogP contribution in [0.25, 0.3) is 0 Å². The van der Waals surface area contributed by atoms with Gasteiger partial charge in [-0.15, -0.1) is 0 Å². The van der Waals surface area contributed by atoms with E-state index in [1.807, 2.05) is 26.8 Å². The molecule has 1 aromatic carbocycles. The van der Waals surface area contributed by atoms with Crippen LogP contribution in [0.4, 0.5) is 0 Å². The van der Waals surface area contributed by atoms with Crippen LogP contribution in [-0.2, 0) is 16.6 Å². The second kappa shape index (κ2) is 7.86. The molecule has 0 bridgehead atoms. The molecule has 0 saturated carbocycles. The fourth-order valence-electron chi connectivity index (χ4n) is 3.50. The van der Waals surface area contributed by atoms with Crippen LogP contribution >= 0.6 is 0 Å². The van der Waals surface area contributed by atoms with Crippen molar-refractivity contribution >= 4 is 15.9 Å². The SMILES string of the molecule is Cc1cc(CNC(=O)c2cccc(S(=O)(=O)N3CCCCC3C)c2)c(C)o1. The van der Waals surface area contributed by atoms with Gasteiger partial charge in [0.2, 0.25) is 10.0 Å². The number of amides is 1. The number of carbonyl (C=O) groups is 1. The number of sulfonamides is 1. The van der Waals surface area contributed by atoms with Gasteiger partial charge in [-0.25, -0.2) is 8.42 Å². The van der Waals surface area contributed by atoms with E-state index >= 15 is 0 Å². The van der Waals surface area contributed by atoms with Crippen molar-refractivity contribution in [2.45, 2.75) is 57.5 Å². The Labute approximate surface area is 160 Å². The van der Waals surface area contributed by atoms with Gasteiger partial charge in [0.05, 0.1) is 4.90 Å². The molecule has 1 N–H and O–H groups in total. The highest BCUT2D eigenvalue weighted by atomic mass is 32.2. The number of rotatable bonds is 5. The summed E-state index contributed by atoms with van der Waals surface area (Å²) in [6.45, 7) is 6.50. The highest BCUT2D eigenvalue weighted by Gasteiger charge is 2.31. The topological polar surface area (TPSA) is 79.6 Å². The Kier molecular flexibility index (Phi) is 5.72. The molecule has 2 heterocycles. The molecule has 0 radical (unpaired) electrons. The van der Waals surface area contributed by atoms with Gasteiger partial charge in [-0.2, -0.15) is 4.31 Å². The van der Waals surface area contributed by atoms with Crippen LogP contribution in [0.15, 0.2) is 39.6 Å². The molecule has 1 aliphatic rings. The number of furan rings is 1. The summed E-state index contributed by atoms with van der Waals surface area (Å²) in [5.41, 5.74) is 1.24. The van der Waals surface area contributed by atoms with Crippen molar-refractivity contribution in [1.82, 2.24) is 9.62 Å². The van der Waals surface area contributed by atoms with Crippen LogP contribution in [0.2, 0.25) is 0 Å². The lowest BCUT2D eigenvalue weighted by molar-refractivity contribution is 0.0950. The van der Waals surface area contributed by atoms with Gasteiger partial charge >= 0.3 is 0 Å². The summed E-state index contributed by atoms with van der Waals surface area (Å²) < 4.78 is 33.0. The molecule has 0 aliphatic carbocycles. The summed E-state index contributed by atoms with van der Waals surface area (Å²) in [6, 6.07) is 8.11. The minimum absolute atomic E-state index is 0.0199. The number of nitrogens with one attached hydrogen (secondary N) is 1. The van der Waals surface area contributed by atoms with Crippen LogP contribution in [-0.4, -0.2) is 31.2 Å². The van der Waals surface area contributed by atoms with Crippen molar-refractivity contribution in [2.75, 3.05) is 6.54 Å². The van der Waals surface area contributed by atoms with Gasteiger partial charge in [-0.05, 0) is 57.9 Å². The van der Waals surface area contributed by atoms with Crippen LogP contribution in [0.5, 0.6) is 0 Å². The third-order valence-corrected chi connectivity index (χ3v) is 7.04. The van der Waals surface area contributed by atoms with Crippen molar-refractivity contribution in [3.63, 3.8) is 0 Å². The molecule has 1 atom stereocenters. The summed E-state index contributed by atoms with van der Waals surface area (Å²) in [5, 5.41) is 2.83. The predicted octanol–water partition coefficient (Wildman–Crippen LogP) is 3.39. The second-order valence-corrected chi connectivity index (χ2v) is 9.00. The first kappa shape index (κ1) is 19.6. The molecule has 1 unspecified atom stereocenters. The van der Waals surface area contributed by atoms with E-state index in [0.717, 1.165) is 36.3 Å². The molecule has 3 rings (SSSR count). The minimum atomic E-state index is -3.60. The first-order valence-corrected chi connectivity index (χ1v) is 10.7. The fraction of sp³-hybridized carbons (Fsp3) is 0.450. The highest BCUT2D eigenvalue weighted by Crippen LogP contribution is 2.25. The maximum atomic E-state index is 13.0. The van der Waals surface area contributed by atoms with E-state index in [2.05, 4.69) is 5.32 Å². The van der Waals surface area contributed by atoms with Crippen molar-refractivity contribution in [3.05, 3.63) is 53.0 Å². The zero-order valence-corrected chi connectivity index (χ0v) is 16.8. The van der Waals surface area contributed by atoms with E-state index < -0.39 is 10.0 Å². The molecule has 1 aromatic heterocycles. The lowest BCUT2D eigenvalue weighted by Crippen LogP contribution is -2.42. The van der Waals surface area contributed by atoms with Gasteiger partial charge in [-0.3, -0.25) is 4.79 Å². The number of nitrogens with zero attached hydrogens (tertiary/aromatic N) is 1. The monoisotopic (exact) mass is 390 g/mol. The average molecular weight is 391 g/mol. The van der Waals surface area contributed by atoms with Crippen LogP contribution in [0, 0.1) is 13.8 Å². The van der Waals surface area contributed by atoms with Gasteiger partial charge < -0.3 is 9.73 Å². The number of piperidine rings is 1. The lowest BCUT2D eigenvalue weighted by Gasteiger charge is -2.32. The number of hydrogen-bond acceptors (Lipinski definition) is 4. The number of benzene rings is 1. The smallest absolute Gasteiger partial charge is 0.251 e. The summed E-state index contributed by atoms with van der Waals surface area (Å²) in [6.07, 6.45) is 2.78. The van der Waals surface area contributed by atoms with Crippen molar-refractivity contribution in [3.8, 4) is 0 Å². The molecule has 2 aromatic rings. The van der Waals surface area contributed by atoms with E-state index in [-0.39, 0.29) is 16.8 Å². The number of aryl methyl sites for hydroxylation is 2. The molecule has 7 heteroatoms. The Morgan fingerprint density at radius 1 is 1.26 bits per heavy atom. The molecule has 1 aliphatic heterocycles. The van der Waals surface area contributed by atoms with E-state index in [1.165, 1.54) is 6.07 Å². The Balaban J connectivity index is 1.76. The fourth-order valence-corrected chi connectivity index (χ4v) is 5.24. The molecule has 0 spiro atoms. The van der Waals surface area contributed by atoms with Gasteiger partial charge in [-0.1, -0.05) is 12.5 Å². The number of hydrogen-bond donors (Lipinski definition) is 1. The van der Waals surface area contributed by atoms with Crippen molar-refractivity contribution in [2.24, 2.45) is 0 Å². The van der Waals surface area contributed by atoms with Crippen molar-refractivity contribution < 1.29 is 17.6 Å². The third kappa shape index (κ3) is 4.25. The van der Waals surface area contributed by atoms with E-state index in [9.17, 15) is 13.2 Å². The molecule has 6 nitrogen and oxygen atoms in total. The first-order valence-electron chi connectivity index (χ1n) is 9.25. The van der Waals surface area contributed by atoms with Crippen molar-refractivity contribution in [1.29, 1.82) is 0 Å². The molecule has 1 amide bonds. The van der Waals surface area contributed by atoms with Crippen LogP contribution in [0.3, 0.4) is 0 Å². The second-order valence-electron chi connectivity index (χ2n) is 7.11. The first-order chi connectivity index (χ1) is 12.8. The normalized spacial score (nSPS) is 18.4. The zero-order chi connectivity index (χ0) is 19.6. The molecule has 146 valence electrons. The van der Waals surface area contributed by atoms with Crippen LogP contribution < -0.4 is 5.32 Å². The highest BCUT2D eigenvalue weighted by molar-refractivity contribution is 7.89. The van der Waals surface area contributed by atoms with E-state index in [0.29, 0.717) is 18.7 Å². The van der Waals surface area contributed by atoms with Gasteiger partial charge in [0, 0.05) is 30.3 Å². The molecule has 1 saturated heterocycles. The third-order valence-electron chi connectivity index (χ3n) is 5.03. The predicted molar refractivity (Wildman–Crippen MR) is 103 cm³/mol. The van der Waals surface area contributed by atoms with Gasteiger partial charge in [0.1, 0.15) is 11.5 Å². The lowest BCUT2D eigenvalue weighted by atomic mass is 10.1.